The lowest BCUT2D eigenvalue weighted by molar-refractivity contribution is -0.0170. The number of nitrogens with zero attached hydrogens (tertiary/aromatic N) is 1. The second-order valence-corrected chi connectivity index (χ2v) is 7.18. The van der Waals surface area contributed by atoms with Crippen molar-refractivity contribution in [1.82, 2.24) is 4.31 Å². The van der Waals surface area contributed by atoms with Crippen molar-refractivity contribution in [2.45, 2.75) is 30.9 Å². The number of hydrogen-bond acceptors (Lipinski definition) is 5. The van der Waals surface area contributed by atoms with E-state index < -0.39 is 15.9 Å². The number of carbonyl (C=O) groups is 1. The Kier molecular flexibility index (Phi) is 4.74. The summed E-state index contributed by atoms with van der Waals surface area (Å²) in [4.78, 5) is 11.5. The molecule has 2 unspecified atom stereocenters. The summed E-state index contributed by atoms with van der Waals surface area (Å²) in [5, 5.41) is 0. The summed E-state index contributed by atoms with van der Waals surface area (Å²) in [6.07, 6.45) is -0.181. The maximum atomic E-state index is 12.8. The first kappa shape index (κ1) is 16.7. The predicted octanol–water partition coefficient (Wildman–Crippen LogP) is 0.592. The van der Waals surface area contributed by atoms with Crippen molar-refractivity contribution < 1.29 is 22.7 Å². The fourth-order valence-corrected chi connectivity index (χ4v) is 4.10. The molecule has 2 rings (SSSR count). The first-order valence-corrected chi connectivity index (χ1v) is 8.32. The van der Waals surface area contributed by atoms with Gasteiger partial charge in [0.25, 0.3) is 5.91 Å². The van der Waals surface area contributed by atoms with E-state index in [1.807, 2.05) is 6.92 Å². The van der Waals surface area contributed by atoms with Gasteiger partial charge < -0.3 is 15.2 Å². The van der Waals surface area contributed by atoms with Crippen LogP contribution in [0.1, 0.15) is 24.2 Å². The molecule has 8 heteroatoms. The fraction of sp³-hybridized carbons (Fsp3) is 0.500. The van der Waals surface area contributed by atoms with E-state index in [-0.39, 0.29) is 34.9 Å². The van der Waals surface area contributed by atoms with Gasteiger partial charge in [0.1, 0.15) is 5.75 Å². The molecule has 0 aromatic heterocycles. The van der Waals surface area contributed by atoms with E-state index >= 15 is 0 Å². The van der Waals surface area contributed by atoms with Gasteiger partial charge in [0.15, 0.2) is 0 Å². The lowest BCUT2D eigenvalue weighted by Gasteiger charge is -2.35. The summed E-state index contributed by atoms with van der Waals surface area (Å²) in [7, 11) is -2.34. The van der Waals surface area contributed by atoms with Crippen LogP contribution in [0.25, 0.3) is 0 Å². The normalized spacial score (nSPS) is 23.2. The third-order valence-corrected chi connectivity index (χ3v) is 5.57. The maximum absolute atomic E-state index is 12.8. The molecule has 22 heavy (non-hydrogen) atoms. The van der Waals surface area contributed by atoms with E-state index in [1.54, 1.807) is 6.92 Å². The third-order valence-electron chi connectivity index (χ3n) is 3.59. The second kappa shape index (κ2) is 6.23. The minimum absolute atomic E-state index is 0.0167. The Morgan fingerprint density at radius 2 is 2.09 bits per heavy atom. The molecule has 0 spiro atoms. The van der Waals surface area contributed by atoms with Crippen molar-refractivity contribution in [3.8, 4) is 5.75 Å². The van der Waals surface area contributed by atoms with Crippen molar-refractivity contribution in [3.05, 3.63) is 23.8 Å². The molecule has 2 N–H and O–H groups in total. The molecule has 1 aromatic carbocycles. The van der Waals surface area contributed by atoms with Gasteiger partial charge in [-0.3, -0.25) is 4.79 Å². The maximum Gasteiger partial charge on any atom is 0.252 e. The smallest absolute Gasteiger partial charge is 0.252 e. The molecule has 1 fully saturated rings. The van der Waals surface area contributed by atoms with E-state index in [0.29, 0.717) is 6.61 Å². The number of ether oxygens (including phenoxy) is 2. The van der Waals surface area contributed by atoms with Gasteiger partial charge in [0.05, 0.1) is 30.3 Å². The molecule has 1 aliphatic rings. The van der Waals surface area contributed by atoms with Crippen LogP contribution in [0, 0.1) is 0 Å². The van der Waals surface area contributed by atoms with E-state index in [9.17, 15) is 13.2 Å². The molecule has 7 nitrogen and oxygen atoms in total. The Balaban J connectivity index is 2.45. The minimum Gasteiger partial charge on any atom is -0.496 e. The van der Waals surface area contributed by atoms with Gasteiger partial charge in [-0.15, -0.1) is 0 Å². The summed E-state index contributed by atoms with van der Waals surface area (Å²) >= 11 is 0. The number of primary amides is 1. The van der Waals surface area contributed by atoms with E-state index in [4.69, 9.17) is 15.2 Å². The lowest BCUT2D eigenvalue weighted by Crippen LogP contribution is -2.50. The SMILES string of the molecule is COc1ccc(S(=O)(=O)N2CC(C)OCC2C)cc1C(N)=O. The number of nitrogens with two attached hydrogens (primary N) is 1. The fourth-order valence-electron chi connectivity index (χ4n) is 2.38. The van der Waals surface area contributed by atoms with Crippen LogP contribution >= 0.6 is 0 Å². The molecule has 0 radical (unpaired) electrons. The van der Waals surface area contributed by atoms with Crippen LogP contribution < -0.4 is 10.5 Å². The van der Waals surface area contributed by atoms with Gasteiger partial charge in [0, 0.05) is 12.6 Å². The van der Waals surface area contributed by atoms with Gasteiger partial charge >= 0.3 is 0 Å². The minimum atomic E-state index is -3.74. The Hall–Kier alpha value is -1.64. The lowest BCUT2D eigenvalue weighted by atomic mass is 10.2. The number of morpholine rings is 1. The first-order valence-electron chi connectivity index (χ1n) is 6.88. The largest absolute Gasteiger partial charge is 0.496 e. The van der Waals surface area contributed by atoms with E-state index in [1.165, 1.54) is 29.6 Å². The Morgan fingerprint density at radius 3 is 2.68 bits per heavy atom. The number of rotatable bonds is 4. The number of amides is 1. The zero-order valence-corrected chi connectivity index (χ0v) is 13.6. The van der Waals surface area contributed by atoms with Gasteiger partial charge in [-0.1, -0.05) is 0 Å². The van der Waals surface area contributed by atoms with Crippen LogP contribution in [0.4, 0.5) is 0 Å². The van der Waals surface area contributed by atoms with Crippen LogP contribution in [0.15, 0.2) is 23.1 Å². The van der Waals surface area contributed by atoms with Crippen molar-refractivity contribution in [2.24, 2.45) is 5.73 Å². The van der Waals surface area contributed by atoms with E-state index in [2.05, 4.69) is 0 Å². The van der Waals surface area contributed by atoms with Gasteiger partial charge in [-0.2, -0.15) is 4.31 Å². The zero-order valence-electron chi connectivity index (χ0n) is 12.8. The molecule has 0 bridgehead atoms. The molecule has 1 amide bonds. The van der Waals surface area contributed by atoms with Gasteiger partial charge in [0.2, 0.25) is 10.0 Å². The topological polar surface area (TPSA) is 98.9 Å². The number of benzene rings is 1. The highest BCUT2D eigenvalue weighted by Gasteiger charge is 2.34. The van der Waals surface area contributed by atoms with Crippen LogP contribution in [-0.2, 0) is 14.8 Å². The summed E-state index contributed by atoms with van der Waals surface area (Å²) < 4.78 is 37.5. The Labute approximate surface area is 130 Å². The molecule has 0 saturated carbocycles. The van der Waals surface area contributed by atoms with Gasteiger partial charge in [-0.25, -0.2) is 8.42 Å². The average Bonchev–Trinajstić information content (AvgIpc) is 2.48. The molecular formula is C14H20N2O5S. The van der Waals surface area contributed by atoms with Crippen molar-refractivity contribution in [2.75, 3.05) is 20.3 Å². The first-order chi connectivity index (χ1) is 10.3. The number of carbonyl (C=O) groups excluding carboxylic acids is 1. The third kappa shape index (κ3) is 3.08. The summed E-state index contributed by atoms with van der Waals surface area (Å²) in [6, 6.07) is 3.82. The highest BCUT2D eigenvalue weighted by atomic mass is 32.2. The summed E-state index contributed by atoms with van der Waals surface area (Å²) in [6.45, 7) is 4.19. The molecule has 122 valence electrons. The Morgan fingerprint density at radius 1 is 1.41 bits per heavy atom. The van der Waals surface area contributed by atoms with E-state index in [0.717, 1.165) is 0 Å². The molecule has 1 aromatic rings. The molecule has 0 aliphatic carbocycles. The predicted molar refractivity (Wildman–Crippen MR) is 80.3 cm³/mol. The quantitative estimate of drug-likeness (QED) is 0.872. The average molecular weight is 328 g/mol. The monoisotopic (exact) mass is 328 g/mol. The number of hydrogen-bond donors (Lipinski definition) is 1. The van der Waals surface area contributed by atoms with Crippen molar-refractivity contribution >= 4 is 15.9 Å². The summed E-state index contributed by atoms with van der Waals surface area (Å²) in [5.74, 6) is -0.493. The van der Waals surface area contributed by atoms with Crippen molar-refractivity contribution in [1.29, 1.82) is 0 Å². The Bertz CT molecular complexity index is 674. The van der Waals surface area contributed by atoms with Crippen LogP contribution in [0.2, 0.25) is 0 Å². The zero-order chi connectivity index (χ0) is 16.5. The number of sulfonamides is 1. The number of methoxy groups -OCH3 is 1. The van der Waals surface area contributed by atoms with Crippen LogP contribution in [0.3, 0.4) is 0 Å². The molecule has 1 heterocycles. The van der Waals surface area contributed by atoms with Crippen LogP contribution in [0.5, 0.6) is 5.75 Å². The highest BCUT2D eigenvalue weighted by Crippen LogP contribution is 2.27. The van der Waals surface area contributed by atoms with Crippen molar-refractivity contribution in [3.63, 3.8) is 0 Å². The molecule has 2 atom stereocenters. The van der Waals surface area contributed by atoms with Crippen LogP contribution in [-0.4, -0.2) is 51.0 Å². The standard InChI is InChI=1S/C14H20N2O5S/c1-9-8-21-10(2)7-16(9)22(18,19)11-4-5-13(20-3)12(6-11)14(15)17/h4-6,9-10H,7-8H2,1-3H3,(H2,15,17). The highest BCUT2D eigenvalue weighted by molar-refractivity contribution is 7.89. The summed E-state index contributed by atoms with van der Waals surface area (Å²) in [5.41, 5.74) is 5.32. The molecule has 1 saturated heterocycles. The van der Waals surface area contributed by atoms with Gasteiger partial charge in [-0.05, 0) is 32.0 Å². The molecule has 1 aliphatic heterocycles. The second-order valence-electron chi connectivity index (χ2n) is 5.29. The molecular weight excluding hydrogens is 308 g/mol.